The van der Waals surface area contributed by atoms with Crippen molar-refractivity contribution in [3.05, 3.63) is 205 Å². The number of hydrogen-bond acceptors (Lipinski definition) is 1. The second kappa shape index (κ2) is 12.6. The van der Waals surface area contributed by atoms with Gasteiger partial charge in [-0.05, 0) is 123 Å². The van der Waals surface area contributed by atoms with Crippen LogP contribution in [0.5, 0.6) is 0 Å². The van der Waals surface area contributed by atoms with E-state index in [1.165, 1.54) is 71.3 Å². The standard InChI is InChI=1S/C52H38N4/c1-35-16-20-39(21-17-35)54(43-28-29-50-47(33-43)45-13-7-8-14-48(45)55(50)41-22-18-36(2)19-23-41)40-24-26-42(27-25-40)56-49-15-9-6-12-44(49)46-32-37-30-31-53(51(37)34-52(46)56)38-10-4-3-5-11-38/h3-34H,1-2H3. The highest BCUT2D eigenvalue weighted by Crippen LogP contribution is 2.41. The number of nitrogens with zero attached hydrogens (tertiary/aromatic N) is 4. The second-order valence-corrected chi connectivity index (χ2v) is 14.9. The van der Waals surface area contributed by atoms with Crippen LogP contribution in [0.25, 0.3) is 71.6 Å². The van der Waals surface area contributed by atoms with Crippen LogP contribution >= 0.6 is 0 Å². The predicted molar refractivity (Wildman–Crippen MR) is 236 cm³/mol. The summed E-state index contributed by atoms with van der Waals surface area (Å²) in [5.41, 5.74) is 15.2. The van der Waals surface area contributed by atoms with Crippen molar-refractivity contribution >= 4 is 71.6 Å². The summed E-state index contributed by atoms with van der Waals surface area (Å²) in [6.07, 6.45) is 2.18. The molecule has 56 heavy (non-hydrogen) atoms. The molecule has 11 aromatic rings. The molecule has 0 radical (unpaired) electrons. The van der Waals surface area contributed by atoms with E-state index in [-0.39, 0.29) is 0 Å². The Morgan fingerprint density at radius 1 is 0.339 bits per heavy atom. The molecule has 0 unspecified atom stereocenters. The summed E-state index contributed by atoms with van der Waals surface area (Å²) in [7, 11) is 0. The van der Waals surface area contributed by atoms with E-state index >= 15 is 0 Å². The van der Waals surface area contributed by atoms with Crippen molar-refractivity contribution in [2.24, 2.45) is 0 Å². The molecule has 0 aliphatic heterocycles. The summed E-state index contributed by atoms with van der Waals surface area (Å²) in [5.74, 6) is 0. The third kappa shape index (κ3) is 5.07. The van der Waals surface area contributed by atoms with Gasteiger partial charge in [-0.3, -0.25) is 0 Å². The predicted octanol–water partition coefficient (Wildman–Crippen LogP) is 13.9. The van der Waals surface area contributed by atoms with Crippen molar-refractivity contribution in [3.63, 3.8) is 0 Å². The van der Waals surface area contributed by atoms with Crippen molar-refractivity contribution in [3.8, 4) is 17.1 Å². The molecule has 0 atom stereocenters. The number of para-hydroxylation sites is 3. The maximum Gasteiger partial charge on any atom is 0.0562 e. The maximum absolute atomic E-state index is 2.42. The van der Waals surface area contributed by atoms with Gasteiger partial charge in [0.05, 0.1) is 27.6 Å². The largest absolute Gasteiger partial charge is 0.316 e. The lowest BCUT2D eigenvalue weighted by Crippen LogP contribution is -2.10. The molecule has 4 nitrogen and oxygen atoms in total. The maximum atomic E-state index is 2.42. The van der Waals surface area contributed by atoms with Crippen LogP contribution in [0.1, 0.15) is 11.1 Å². The highest BCUT2D eigenvalue weighted by molar-refractivity contribution is 6.14. The Morgan fingerprint density at radius 3 is 1.50 bits per heavy atom. The van der Waals surface area contributed by atoms with Crippen molar-refractivity contribution in [1.82, 2.24) is 13.7 Å². The average Bonchev–Trinajstić information content (AvgIpc) is 3.91. The van der Waals surface area contributed by atoms with E-state index in [9.17, 15) is 0 Å². The zero-order valence-electron chi connectivity index (χ0n) is 31.3. The molecule has 0 saturated carbocycles. The average molecular weight is 719 g/mol. The zero-order chi connectivity index (χ0) is 37.3. The first kappa shape index (κ1) is 32.2. The molecular weight excluding hydrogens is 681 g/mol. The molecular formula is C52H38N4. The number of fused-ring (bicyclic) bond motifs is 7. The van der Waals surface area contributed by atoms with Crippen LogP contribution < -0.4 is 4.90 Å². The number of benzene rings is 8. The summed E-state index contributed by atoms with van der Waals surface area (Å²) in [6.45, 7) is 4.28. The molecule has 11 rings (SSSR count). The Morgan fingerprint density at radius 2 is 0.839 bits per heavy atom. The number of aryl methyl sites for hydroxylation is 2. The van der Waals surface area contributed by atoms with Crippen LogP contribution in [0, 0.1) is 13.8 Å². The summed E-state index contributed by atoms with van der Waals surface area (Å²) < 4.78 is 7.09. The van der Waals surface area contributed by atoms with Crippen molar-refractivity contribution in [1.29, 1.82) is 0 Å². The topological polar surface area (TPSA) is 18.0 Å². The van der Waals surface area contributed by atoms with Crippen molar-refractivity contribution in [2.45, 2.75) is 13.8 Å². The SMILES string of the molecule is Cc1ccc(N(c2ccc(-n3c4ccccc4c4cc5ccn(-c6ccccc6)c5cc43)cc2)c2ccc3c(c2)c2ccccc2n3-c2ccc(C)cc2)cc1. The first-order valence-electron chi connectivity index (χ1n) is 19.3. The summed E-state index contributed by atoms with van der Waals surface area (Å²) in [5, 5.41) is 6.20. The van der Waals surface area contributed by atoms with Crippen LogP contribution in [0.4, 0.5) is 17.1 Å². The smallest absolute Gasteiger partial charge is 0.0562 e. The van der Waals surface area contributed by atoms with E-state index < -0.39 is 0 Å². The van der Waals surface area contributed by atoms with E-state index in [4.69, 9.17) is 0 Å². The fourth-order valence-electron chi connectivity index (χ4n) is 8.65. The molecule has 0 aliphatic rings. The van der Waals surface area contributed by atoms with Gasteiger partial charge >= 0.3 is 0 Å². The van der Waals surface area contributed by atoms with E-state index in [0.717, 1.165) is 28.4 Å². The Bertz CT molecular complexity index is 3230. The lowest BCUT2D eigenvalue weighted by Gasteiger charge is -2.26. The van der Waals surface area contributed by atoms with Gasteiger partial charge in [-0.2, -0.15) is 0 Å². The Balaban J connectivity index is 1.07. The van der Waals surface area contributed by atoms with Gasteiger partial charge in [0.15, 0.2) is 0 Å². The van der Waals surface area contributed by atoms with E-state index in [1.807, 2.05) is 0 Å². The molecule has 4 heteroatoms. The zero-order valence-corrected chi connectivity index (χ0v) is 31.3. The molecule has 0 amide bonds. The molecule has 0 spiro atoms. The number of anilines is 3. The quantitative estimate of drug-likeness (QED) is 0.167. The third-order valence-electron chi connectivity index (χ3n) is 11.4. The van der Waals surface area contributed by atoms with E-state index in [0.29, 0.717) is 0 Å². The first-order chi connectivity index (χ1) is 27.6. The summed E-state index contributed by atoms with van der Waals surface area (Å²) in [6, 6.07) is 68.7. The molecule has 3 aromatic heterocycles. The fourth-order valence-corrected chi connectivity index (χ4v) is 8.65. The van der Waals surface area contributed by atoms with Crippen LogP contribution in [0.3, 0.4) is 0 Å². The van der Waals surface area contributed by atoms with Gasteiger partial charge in [-0.25, -0.2) is 0 Å². The lowest BCUT2D eigenvalue weighted by molar-refractivity contribution is 1.12. The number of aromatic nitrogens is 3. The molecule has 0 saturated heterocycles. The minimum absolute atomic E-state index is 1.10. The third-order valence-corrected chi connectivity index (χ3v) is 11.4. The Hall–Kier alpha value is -7.30. The second-order valence-electron chi connectivity index (χ2n) is 14.9. The Kier molecular flexibility index (Phi) is 7.26. The molecule has 0 bridgehead atoms. The molecule has 0 aliphatic carbocycles. The van der Waals surface area contributed by atoms with Gasteiger partial charge in [-0.15, -0.1) is 0 Å². The van der Waals surface area contributed by atoms with Crippen LogP contribution in [-0.4, -0.2) is 13.7 Å². The highest BCUT2D eigenvalue weighted by atomic mass is 15.1. The monoisotopic (exact) mass is 718 g/mol. The van der Waals surface area contributed by atoms with Gasteiger partial charge in [-0.1, -0.05) is 90.0 Å². The normalized spacial score (nSPS) is 11.8. The molecule has 0 N–H and O–H groups in total. The molecule has 266 valence electrons. The fraction of sp³-hybridized carbons (Fsp3) is 0.0385. The van der Waals surface area contributed by atoms with Crippen LogP contribution in [0.2, 0.25) is 0 Å². The summed E-state index contributed by atoms with van der Waals surface area (Å²) in [4.78, 5) is 2.38. The number of rotatable bonds is 6. The highest BCUT2D eigenvalue weighted by Gasteiger charge is 2.19. The lowest BCUT2D eigenvalue weighted by atomic mass is 10.1. The van der Waals surface area contributed by atoms with Crippen molar-refractivity contribution < 1.29 is 0 Å². The van der Waals surface area contributed by atoms with Gasteiger partial charge in [0, 0.05) is 67.3 Å². The van der Waals surface area contributed by atoms with E-state index in [1.54, 1.807) is 0 Å². The minimum atomic E-state index is 1.10. The van der Waals surface area contributed by atoms with Crippen LogP contribution in [0.15, 0.2) is 194 Å². The summed E-state index contributed by atoms with van der Waals surface area (Å²) >= 11 is 0. The van der Waals surface area contributed by atoms with Crippen molar-refractivity contribution in [2.75, 3.05) is 4.90 Å². The van der Waals surface area contributed by atoms with Gasteiger partial charge in [0.25, 0.3) is 0 Å². The molecule has 8 aromatic carbocycles. The van der Waals surface area contributed by atoms with E-state index in [2.05, 4.69) is 227 Å². The molecule has 0 fully saturated rings. The van der Waals surface area contributed by atoms with Gasteiger partial charge < -0.3 is 18.6 Å². The minimum Gasteiger partial charge on any atom is -0.316 e. The van der Waals surface area contributed by atoms with Gasteiger partial charge in [0.1, 0.15) is 0 Å². The molecule has 3 heterocycles. The van der Waals surface area contributed by atoms with Gasteiger partial charge in [0.2, 0.25) is 0 Å². The first-order valence-corrected chi connectivity index (χ1v) is 19.3. The van der Waals surface area contributed by atoms with Crippen LogP contribution in [-0.2, 0) is 0 Å². The number of hydrogen-bond donors (Lipinski definition) is 0. The Labute approximate surface area is 325 Å².